The molecule has 0 spiro atoms. The molecule has 0 fully saturated rings. The molecule has 1 unspecified atom stereocenters. The number of rotatable bonds is 5. The molecular weight excluding hydrogens is 216 g/mol. The van der Waals surface area contributed by atoms with Crippen LogP contribution < -0.4 is 15.8 Å². The molecule has 4 nitrogen and oxygen atoms in total. The van der Waals surface area contributed by atoms with Crippen molar-refractivity contribution in [3.8, 4) is 5.75 Å². The smallest absolute Gasteiger partial charge is 0.241 e. The third-order valence-corrected chi connectivity index (χ3v) is 2.34. The standard InChI is InChI=1S/C13H20N2O2/c1-4-7-17-11-5-6-12(9(2)8-11)15-13(16)10(3)14/h5-6,8,10H,4,7,14H2,1-3H3,(H,15,16). The molecule has 1 aromatic rings. The first-order valence-electron chi connectivity index (χ1n) is 5.84. The van der Waals surface area contributed by atoms with Crippen molar-refractivity contribution in [2.45, 2.75) is 33.2 Å². The number of carbonyl (C=O) groups excluding carboxylic acids is 1. The number of nitrogens with one attached hydrogen (secondary N) is 1. The number of carbonyl (C=O) groups is 1. The lowest BCUT2D eigenvalue weighted by Crippen LogP contribution is -2.32. The van der Waals surface area contributed by atoms with Crippen molar-refractivity contribution in [3.63, 3.8) is 0 Å². The van der Waals surface area contributed by atoms with Crippen LogP contribution in [-0.2, 0) is 4.79 Å². The maximum Gasteiger partial charge on any atom is 0.241 e. The van der Waals surface area contributed by atoms with Gasteiger partial charge in [0.2, 0.25) is 5.91 Å². The Morgan fingerprint density at radius 3 is 2.76 bits per heavy atom. The van der Waals surface area contributed by atoms with Crippen LogP contribution in [0.5, 0.6) is 5.75 Å². The van der Waals surface area contributed by atoms with E-state index in [1.165, 1.54) is 0 Å². The fourth-order valence-corrected chi connectivity index (χ4v) is 1.33. The average molecular weight is 236 g/mol. The largest absolute Gasteiger partial charge is 0.494 e. The Labute approximate surface area is 102 Å². The molecule has 94 valence electrons. The summed E-state index contributed by atoms with van der Waals surface area (Å²) in [7, 11) is 0. The van der Waals surface area contributed by atoms with Crippen molar-refractivity contribution < 1.29 is 9.53 Å². The molecule has 1 amide bonds. The summed E-state index contributed by atoms with van der Waals surface area (Å²) in [6.45, 7) is 6.34. The molecule has 4 heteroatoms. The van der Waals surface area contributed by atoms with Gasteiger partial charge in [0, 0.05) is 5.69 Å². The number of aryl methyl sites for hydroxylation is 1. The van der Waals surface area contributed by atoms with Crippen LogP contribution in [0.15, 0.2) is 18.2 Å². The lowest BCUT2D eigenvalue weighted by Gasteiger charge is -2.12. The maximum atomic E-state index is 11.5. The predicted octanol–water partition coefficient (Wildman–Crippen LogP) is 2.07. The van der Waals surface area contributed by atoms with Gasteiger partial charge >= 0.3 is 0 Å². The number of anilines is 1. The summed E-state index contributed by atoms with van der Waals surface area (Å²) in [5, 5.41) is 2.77. The molecule has 1 rings (SSSR count). The van der Waals surface area contributed by atoms with Crippen LogP contribution in [0, 0.1) is 6.92 Å². The number of nitrogens with two attached hydrogens (primary N) is 1. The normalized spacial score (nSPS) is 12.0. The van der Waals surface area contributed by atoms with E-state index < -0.39 is 6.04 Å². The first-order valence-corrected chi connectivity index (χ1v) is 5.84. The lowest BCUT2D eigenvalue weighted by atomic mass is 10.2. The van der Waals surface area contributed by atoms with Gasteiger partial charge in [0.05, 0.1) is 12.6 Å². The quantitative estimate of drug-likeness (QED) is 0.822. The van der Waals surface area contributed by atoms with Crippen LogP contribution in [0.25, 0.3) is 0 Å². The highest BCUT2D eigenvalue weighted by molar-refractivity contribution is 5.95. The van der Waals surface area contributed by atoms with Gasteiger partial charge in [-0.2, -0.15) is 0 Å². The molecule has 0 aliphatic rings. The number of hydrogen-bond acceptors (Lipinski definition) is 3. The predicted molar refractivity (Wildman–Crippen MR) is 69.2 cm³/mol. The van der Waals surface area contributed by atoms with Gasteiger partial charge in [-0.3, -0.25) is 4.79 Å². The van der Waals surface area contributed by atoms with Gasteiger partial charge in [0.1, 0.15) is 5.75 Å². The third kappa shape index (κ3) is 4.07. The second kappa shape index (κ2) is 6.25. The van der Waals surface area contributed by atoms with Gasteiger partial charge in [-0.05, 0) is 44.0 Å². The summed E-state index contributed by atoms with van der Waals surface area (Å²) >= 11 is 0. The van der Waals surface area contributed by atoms with E-state index in [4.69, 9.17) is 10.5 Å². The number of ether oxygens (including phenoxy) is 1. The number of benzene rings is 1. The van der Waals surface area contributed by atoms with Gasteiger partial charge < -0.3 is 15.8 Å². The van der Waals surface area contributed by atoms with E-state index >= 15 is 0 Å². The highest BCUT2D eigenvalue weighted by atomic mass is 16.5. The zero-order valence-corrected chi connectivity index (χ0v) is 10.6. The molecule has 3 N–H and O–H groups in total. The summed E-state index contributed by atoms with van der Waals surface area (Å²) in [5.74, 6) is 0.637. The van der Waals surface area contributed by atoms with Crippen molar-refractivity contribution in [1.29, 1.82) is 0 Å². The molecule has 1 aromatic carbocycles. The Morgan fingerprint density at radius 2 is 2.24 bits per heavy atom. The van der Waals surface area contributed by atoms with Gasteiger partial charge in [0.25, 0.3) is 0 Å². The summed E-state index contributed by atoms with van der Waals surface area (Å²) in [6.07, 6.45) is 0.974. The highest BCUT2D eigenvalue weighted by Crippen LogP contribution is 2.21. The summed E-state index contributed by atoms with van der Waals surface area (Å²) in [5.41, 5.74) is 7.23. The third-order valence-electron chi connectivity index (χ3n) is 2.34. The topological polar surface area (TPSA) is 64.3 Å². The van der Waals surface area contributed by atoms with Crippen molar-refractivity contribution in [3.05, 3.63) is 23.8 Å². The molecule has 17 heavy (non-hydrogen) atoms. The zero-order chi connectivity index (χ0) is 12.8. The summed E-state index contributed by atoms with van der Waals surface area (Å²) in [4.78, 5) is 11.5. The minimum atomic E-state index is -0.509. The van der Waals surface area contributed by atoms with Crippen LogP contribution >= 0.6 is 0 Å². The van der Waals surface area contributed by atoms with Gasteiger partial charge in [-0.15, -0.1) is 0 Å². The number of hydrogen-bond donors (Lipinski definition) is 2. The summed E-state index contributed by atoms with van der Waals surface area (Å²) < 4.78 is 5.51. The van der Waals surface area contributed by atoms with Crippen LogP contribution in [0.3, 0.4) is 0 Å². The van der Waals surface area contributed by atoms with Crippen LogP contribution in [0.4, 0.5) is 5.69 Å². The maximum absolute atomic E-state index is 11.5. The highest BCUT2D eigenvalue weighted by Gasteiger charge is 2.09. The van der Waals surface area contributed by atoms with E-state index in [-0.39, 0.29) is 5.91 Å². The molecule has 0 aliphatic carbocycles. The van der Waals surface area contributed by atoms with Crippen LogP contribution in [0.1, 0.15) is 25.8 Å². The van der Waals surface area contributed by atoms with Gasteiger partial charge in [-0.25, -0.2) is 0 Å². The lowest BCUT2D eigenvalue weighted by molar-refractivity contribution is -0.117. The zero-order valence-electron chi connectivity index (χ0n) is 10.6. The molecule has 0 heterocycles. The molecule has 0 bridgehead atoms. The Morgan fingerprint density at radius 1 is 1.53 bits per heavy atom. The molecule has 1 atom stereocenters. The van der Waals surface area contributed by atoms with E-state index in [0.717, 1.165) is 23.4 Å². The second-order valence-corrected chi connectivity index (χ2v) is 4.10. The monoisotopic (exact) mass is 236 g/mol. The fraction of sp³-hybridized carbons (Fsp3) is 0.462. The molecule has 0 radical (unpaired) electrons. The van der Waals surface area contributed by atoms with Crippen molar-refractivity contribution >= 4 is 11.6 Å². The van der Waals surface area contributed by atoms with E-state index in [2.05, 4.69) is 12.2 Å². The van der Waals surface area contributed by atoms with Crippen LogP contribution in [-0.4, -0.2) is 18.6 Å². The van der Waals surface area contributed by atoms with E-state index in [0.29, 0.717) is 6.61 Å². The van der Waals surface area contributed by atoms with Crippen molar-refractivity contribution in [1.82, 2.24) is 0 Å². The summed E-state index contributed by atoms with van der Waals surface area (Å²) in [6, 6.07) is 5.08. The van der Waals surface area contributed by atoms with E-state index in [1.807, 2.05) is 25.1 Å². The van der Waals surface area contributed by atoms with Crippen LogP contribution in [0.2, 0.25) is 0 Å². The Bertz CT molecular complexity index is 389. The number of amides is 1. The van der Waals surface area contributed by atoms with Crippen molar-refractivity contribution in [2.75, 3.05) is 11.9 Å². The minimum absolute atomic E-state index is 0.185. The van der Waals surface area contributed by atoms with Gasteiger partial charge in [-0.1, -0.05) is 6.92 Å². The van der Waals surface area contributed by atoms with E-state index in [9.17, 15) is 4.79 Å². The molecule has 0 saturated carbocycles. The first-order chi connectivity index (χ1) is 8.04. The average Bonchev–Trinajstić information content (AvgIpc) is 2.29. The van der Waals surface area contributed by atoms with E-state index in [1.54, 1.807) is 6.92 Å². The Kier molecular flexibility index (Phi) is 4.97. The Hall–Kier alpha value is -1.55. The molecule has 0 saturated heterocycles. The SMILES string of the molecule is CCCOc1ccc(NC(=O)C(C)N)c(C)c1. The second-order valence-electron chi connectivity index (χ2n) is 4.10. The Balaban J connectivity index is 2.72. The molecule has 0 aliphatic heterocycles. The minimum Gasteiger partial charge on any atom is -0.494 e. The molecule has 0 aromatic heterocycles. The van der Waals surface area contributed by atoms with Crippen molar-refractivity contribution in [2.24, 2.45) is 5.73 Å². The fourth-order valence-electron chi connectivity index (χ4n) is 1.33. The molecular formula is C13H20N2O2. The van der Waals surface area contributed by atoms with Gasteiger partial charge in [0.15, 0.2) is 0 Å². The first kappa shape index (κ1) is 13.5.